The normalized spacial score (nSPS) is 17.8. The summed E-state index contributed by atoms with van der Waals surface area (Å²) < 4.78 is 5.58. The van der Waals surface area contributed by atoms with Gasteiger partial charge < -0.3 is 15.1 Å². The molecule has 2 aromatic carbocycles. The van der Waals surface area contributed by atoms with Gasteiger partial charge in [-0.05, 0) is 41.3 Å². The number of fused-ring (bicyclic) bond motifs is 1. The van der Waals surface area contributed by atoms with E-state index in [1.165, 1.54) is 5.56 Å². The van der Waals surface area contributed by atoms with Crippen molar-refractivity contribution in [3.05, 3.63) is 64.7 Å². The summed E-state index contributed by atoms with van der Waals surface area (Å²) in [5.74, 6) is 0.948. The summed E-state index contributed by atoms with van der Waals surface area (Å²) in [5, 5.41) is 0. The van der Waals surface area contributed by atoms with E-state index in [1.807, 2.05) is 24.1 Å². The summed E-state index contributed by atoms with van der Waals surface area (Å²) in [7, 11) is 3.60. The highest BCUT2D eigenvalue weighted by Crippen LogP contribution is 2.39. The fourth-order valence-corrected chi connectivity index (χ4v) is 4.15. The third-order valence-electron chi connectivity index (χ3n) is 5.96. The fraction of sp³-hybridized carbons (Fsp3) is 0.391. The number of carbonyl (C=O) groups is 1. The average Bonchev–Trinajstić information content (AvgIpc) is 3.06. The Kier molecular flexibility index (Phi) is 5.39. The quantitative estimate of drug-likeness (QED) is 0.451. The van der Waals surface area contributed by atoms with Crippen LogP contribution in [0.4, 0.5) is 5.69 Å². The first-order valence-electron chi connectivity index (χ1n) is 10.1. The maximum atomic E-state index is 13.2. The van der Waals surface area contributed by atoms with Gasteiger partial charge in [0.05, 0.1) is 19.8 Å². The van der Waals surface area contributed by atoms with E-state index in [0.717, 1.165) is 41.1 Å². The molecule has 2 heterocycles. The van der Waals surface area contributed by atoms with Crippen molar-refractivity contribution in [3.8, 4) is 0 Å². The molecule has 0 aromatic heterocycles. The molecule has 2 aliphatic rings. The lowest BCUT2D eigenvalue weighted by Crippen LogP contribution is -2.51. The van der Waals surface area contributed by atoms with Gasteiger partial charge in [-0.2, -0.15) is 0 Å². The minimum absolute atomic E-state index is 0.0724. The number of hydrogen-bond acceptors (Lipinski definition) is 4. The Hall–Kier alpha value is -2.70. The molecule has 1 saturated heterocycles. The van der Waals surface area contributed by atoms with Crippen LogP contribution in [0.5, 0.6) is 0 Å². The van der Waals surface area contributed by atoms with Crippen LogP contribution >= 0.6 is 0 Å². The lowest BCUT2D eigenvalue weighted by Gasteiger charge is -2.42. The van der Waals surface area contributed by atoms with Crippen LogP contribution in [0.3, 0.4) is 0 Å². The molecule has 0 unspecified atom stereocenters. The van der Waals surface area contributed by atoms with Gasteiger partial charge in [-0.25, -0.2) is 5.43 Å². The number of aliphatic imine (C=N–C) groups is 1. The number of hydrogen-bond donors (Lipinski definition) is 2. The number of amides is 1. The molecule has 2 aromatic rings. The highest BCUT2D eigenvalue weighted by Gasteiger charge is 2.42. The van der Waals surface area contributed by atoms with Crippen molar-refractivity contribution in [1.82, 2.24) is 10.9 Å². The summed E-state index contributed by atoms with van der Waals surface area (Å²) >= 11 is 0. The maximum Gasteiger partial charge on any atom is 0.258 e. The second-order valence-electron chi connectivity index (χ2n) is 7.78. The zero-order valence-electron chi connectivity index (χ0n) is 17.3. The molecular weight excluding hydrogens is 364 g/mol. The van der Waals surface area contributed by atoms with Gasteiger partial charge in [0.1, 0.15) is 5.84 Å². The predicted octanol–water partition coefficient (Wildman–Crippen LogP) is 2.82. The number of nitrogens with zero attached hydrogens (tertiary/aromatic N) is 2. The van der Waals surface area contributed by atoms with Crippen LogP contribution in [-0.4, -0.2) is 39.1 Å². The lowest BCUT2D eigenvalue weighted by molar-refractivity contribution is -0.0567. The Labute approximate surface area is 171 Å². The summed E-state index contributed by atoms with van der Waals surface area (Å²) in [6.45, 7) is 4.01. The minimum atomic E-state index is -0.149. The van der Waals surface area contributed by atoms with E-state index >= 15 is 0 Å². The molecule has 0 bridgehead atoms. The molecule has 6 heteroatoms. The van der Waals surface area contributed by atoms with E-state index < -0.39 is 0 Å². The summed E-state index contributed by atoms with van der Waals surface area (Å²) in [5.41, 5.74) is 11.1. The van der Waals surface area contributed by atoms with Crippen molar-refractivity contribution < 1.29 is 9.53 Å². The first-order chi connectivity index (χ1) is 14.1. The summed E-state index contributed by atoms with van der Waals surface area (Å²) in [6, 6.07) is 14.6. The molecule has 4 rings (SSSR count). The molecule has 0 spiro atoms. The molecule has 0 atom stereocenters. The Morgan fingerprint density at radius 2 is 2.07 bits per heavy atom. The molecular formula is C23H28N4O2. The Balaban J connectivity index is 1.62. The lowest BCUT2D eigenvalue weighted by atomic mass is 9.74. The van der Waals surface area contributed by atoms with E-state index in [9.17, 15) is 4.79 Å². The molecule has 1 amide bonds. The largest absolute Gasteiger partial charge is 0.379 e. The number of ether oxygens (including phenoxy) is 1. The first-order valence-corrected chi connectivity index (χ1v) is 10.1. The highest BCUT2D eigenvalue weighted by atomic mass is 16.5. The predicted molar refractivity (Wildman–Crippen MR) is 115 cm³/mol. The van der Waals surface area contributed by atoms with Crippen LogP contribution < -0.4 is 15.8 Å². The third-order valence-corrected chi connectivity index (χ3v) is 5.96. The number of amidine groups is 1. The molecule has 6 nitrogen and oxygen atoms in total. The van der Waals surface area contributed by atoms with Crippen molar-refractivity contribution in [2.24, 2.45) is 4.99 Å². The van der Waals surface area contributed by atoms with Crippen LogP contribution in [-0.2, 0) is 23.1 Å². The van der Waals surface area contributed by atoms with Gasteiger partial charge in [0.25, 0.3) is 5.91 Å². The molecule has 2 aliphatic heterocycles. The van der Waals surface area contributed by atoms with Gasteiger partial charge >= 0.3 is 0 Å². The molecule has 29 heavy (non-hydrogen) atoms. The fourth-order valence-electron chi connectivity index (χ4n) is 4.15. The SMILES string of the molecule is CCc1cccc(N2Cc3ccc(C4(CC(=NC)NNC)COC4)cc3C2=O)c1. The smallest absolute Gasteiger partial charge is 0.258 e. The van der Waals surface area contributed by atoms with Gasteiger partial charge in [0.15, 0.2) is 0 Å². The van der Waals surface area contributed by atoms with E-state index in [1.54, 1.807) is 7.05 Å². The number of nitrogens with one attached hydrogen (secondary N) is 2. The molecule has 0 radical (unpaired) electrons. The first kappa shape index (κ1) is 19.6. The number of carbonyl (C=O) groups excluding carboxylic acids is 1. The number of anilines is 1. The maximum absolute atomic E-state index is 13.2. The molecule has 152 valence electrons. The Morgan fingerprint density at radius 1 is 1.24 bits per heavy atom. The minimum Gasteiger partial charge on any atom is -0.379 e. The standard InChI is InChI=1S/C23H28N4O2/c1-4-16-6-5-7-19(10-16)27-13-17-8-9-18(11-20(17)22(27)28)23(14-29-15-23)12-21(24-2)26-25-3/h5-11,25H,4,12-15H2,1-3H3,(H,24,26). The summed E-state index contributed by atoms with van der Waals surface area (Å²) in [4.78, 5) is 19.4. The van der Waals surface area contributed by atoms with E-state index in [0.29, 0.717) is 19.8 Å². The molecule has 1 fully saturated rings. The second-order valence-corrected chi connectivity index (χ2v) is 7.78. The van der Waals surface area contributed by atoms with Crippen molar-refractivity contribution in [2.75, 3.05) is 32.2 Å². The van der Waals surface area contributed by atoms with Crippen LogP contribution in [0.15, 0.2) is 47.5 Å². The number of hydrazine groups is 1. The molecule has 0 saturated carbocycles. The van der Waals surface area contributed by atoms with Crippen molar-refractivity contribution in [2.45, 2.75) is 31.7 Å². The van der Waals surface area contributed by atoms with Crippen LogP contribution in [0.1, 0.15) is 40.4 Å². The van der Waals surface area contributed by atoms with Crippen LogP contribution in [0, 0.1) is 0 Å². The second kappa shape index (κ2) is 7.97. The summed E-state index contributed by atoms with van der Waals surface area (Å²) in [6.07, 6.45) is 1.69. The van der Waals surface area contributed by atoms with Crippen molar-refractivity contribution in [3.63, 3.8) is 0 Å². The van der Waals surface area contributed by atoms with Gasteiger partial charge in [0.2, 0.25) is 0 Å². The average molecular weight is 393 g/mol. The number of aryl methyl sites for hydroxylation is 1. The highest BCUT2D eigenvalue weighted by molar-refractivity contribution is 6.10. The number of benzene rings is 2. The Morgan fingerprint density at radius 3 is 2.72 bits per heavy atom. The van der Waals surface area contributed by atoms with E-state index in [4.69, 9.17) is 4.74 Å². The number of rotatable bonds is 6. The van der Waals surface area contributed by atoms with Gasteiger partial charge in [0, 0.05) is 37.2 Å². The van der Waals surface area contributed by atoms with Gasteiger partial charge in [-0.1, -0.05) is 31.2 Å². The zero-order chi connectivity index (χ0) is 20.4. The Bertz CT molecular complexity index is 950. The van der Waals surface area contributed by atoms with Crippen molar-refractivity contribution in [1.29, 1.82) is 0 Å². The van der Waals surface area contributed by atoms with Gasteiger partial charge in [-0.15, -0.1) is 0 Å². The van der Waals surface area contributed by atoms with Crippen molar-refractivity contribution >= 4 is 17.4 Å². The van der Waals surface area contributed by atoms with E-state index in [2.05, 4.69) is 53.1 Å². The molecule has 0 aliphatic carbocycles. The molecule has 2 N–H and O–H groups in total. The monoisotopic (exact) mass is 392 g/mol. The van der Waals surface area contributed by atoms with Crippen LogP contribution in [0.25, 0.3) is 0 Å². The third kappa shape index (κ3) is 3.54. The zero-order valence-corrected chi connectivity index (χ0v) is 17.3. The topological polar surface area (TPSA) is 66.0 Å². The van der Waals surface area contributed by atoms with Crippen LogP contribution in [0.2, 0.25) is 0 Å². The van der Waals surface area contributed by atoms with E-state index in [-0.39, 0.29) is 11.3 Å². The van der Waals surface area contributed by atoms with Gasteiger partial charge in [-0.3, -0.25) is 9.79 Å².